The van der Waals surface area contributed by atoms with Crippen LogP contribution in [0.5, 0.6) is 0 Å². The van der Waals surface area contributed by atoms with Gasteiger partial charge in [-0.25, -0.2) is 4.79 Å². The van der Waals surface area contributed by atoms with E-state index in [-0.39, 0.29) is 24.7 Å². The summed E-state index contributed by atoms with van der Waals surface area (Å²) < 4.78 is 42.8. The molecule has 1 N–H and O–H groups in total. The van der Waals surface area contributed by atoms with Gasteiger partial charge in [0, 0.05) is 38.8 Å². The van der Waals surface area contributed by atoms with Gasteiger partial charge >= 0.3 is 12.2 Å². The summed E-state index contributed by atoms with van der Waals surface area (Å²) in [6.07, 6.45) is -1.09. The normalized spacial score (nSPS) is 27.2. The Morgan fingerprint density at radius 1 is 1.36 bits per heavy atom. The fraction of sp³-hybridized carbons (Fsp3) is 0.929. The topological polar surface area (TPSA) is 44.8 Å². The number of nitrogens with one attached hydrogen (secondary N) is 1. The molecule has 2 aliphatic rings. The van der Waals surface area contributed by atoms with Crippen molar-refractivity contribution in [2.75, 3.05) is 39.3 Å². The van der Waals surface area contributed by atoms with Gasteiger partial charge < -0.3 is 15.0 Å². The van der Waals surface area contributed by atoms with Crippen molar-refractivity contribution in [2.24, 2.45) is 0 Å². The monoisotopic (exact) mass is 323 g/mol. The highest BCUT2D eigenvalue weighted by Crippen LogP contribution is 2.20. The van der Waals surface area contributed by atoms with Gasteiger partial charge in [-0.15, -0.1) is 0 Å². The van der Waals surface area contributed by atoms with Crippen LogP contribution in [0.15, 0.2) is 0 Å². The first-order chi connectivity index (χ1) is 10.3. The van der Waals surface area contributed by atoms with Gasteiger partial charge in [-0.3, -0.25) is 4.90 Å². The number of ether oxygens (including phenoxy) is 1. The molecule has 0 radical (unpaired) electrons. The smallest absolute Gasteiger partial charge is 0.378 e. The summed E-state index contributed by atoms with van der Waals surface area (Å²) in [6, 6.07) is -0.490. The van der Waals surface area contributed by atoms with E-state index in [4.69, 9.17) is 4.74 Å². The minimum absolute atomic E-state index is 0.198. The van der Waals surface area contributed by atoms with Crippen LogP contribution >= 0.6 is 0 Å². The molecular weight excluding hydrogens is 299 g/mol. The molecule has 0 saturated carbocycles. The van der Waals surface area contributed by atoms with Crippen molar-refractivity contribution in [3.8, 4) is 0 Å². The lowest BCUT2D eigenvalue weighted by Gasteiger charge is -2.40. The van der Waals surface area contributed by atoms with E-state index in [0.717, 1.165) is 25.9 Å². The predicted octanol–water partition coefficient (Wildman–Crippen LogP) is 1.83. The number of piperazine rings is 1. The Labute approximate surface area is 128 Å². The molecule has 2 atom stereocenters. The zero-order chi connectivity index (χ0) is 16.2. The van der Waals surface area contributed by atoms with E-state index in [1.807, 2.05) is 0 Å². The van der Waals surface area contributed by atoms with Crippen LogP contribution in [0, 0.1) is 0 Å². The van der Waals surface area contributed by atoms with Crippen LogP contribution in [0.1, 0.15) is 26.2 Å². The second-order valence-electron chi connectivity index (χ2n) is 6.04. The average Bonchev–Trinajstić information content (AvgIpc) is 2.92. The summed E-state index contributed by atoms with van der Waals surface area (Å²) in [7, 11) is 0. The fourth-order valence-electron chi connectivity index (χ4n) is 2.97. The number of halogens is 3. The summed E-state index contributed by atoms with van der Waals surface area (Å²) in [6.45, 7) is 3.03. The van der Waals surface area contributed by atoms with Gasteiger partial charge in [0.25, 0.3) is 0 Å². The highest BCUT2D eigenvalue weighted by atomic mass is 19.4. The molecule has 22 heavy (non-hydrogen) atoms. The Hall–Kier alpha value is -1.02. The summed E-state index contributed by atoms with van der Waals surface area (Å²) in [5, 5.41) is 2.83. The third-order valence-corrected chi connectivity index (χ3v) is 4.20. The average molecular weight is 323 g/mol. The number of carbonyl (C=O) groups is 1. The van der Waals surface area contributed by atoms with E-state index in [1.54, 1.807) is 11.8 Å². The Kier molecular flexibility index (Phi) is 5.91. The number of nitrogens with zero attached hydrogens (tertiary/aromatic N) is 2. The van der Waals surface area contributed by atoms with Gasteiger partial charge in [0.15, 0.2) is 0 Å². The van der Waals surface area contributed by atoms with Crippen molar-refractivity contribution in [1.29, 1.82) is 0 Å². The molecule has 0 aromatic carbocycles. The molecular formula is C14H24F3N3O2. The maximum absolute atomic E-state index is 12.4. The highest BCUT2D eigenvalue weighted by Gasteiger charge is 2.35. The lowest BCUT2D eigenvalue weighted by molar-refractivity contribution is -0.153. The third kappa shape index (κ3) is 5.31. The molecule has 8 heteroatoms. The molecule has 2 amide bonds. The molecule has 5 nitrogen and oxygen atoms in total. The second-order valence-corrected chi connectivity index (χ2v) is 6.04. The van der Waals surface area contributed by atoms with Gasteiger partial charge in [0.05, 0.1) is 12.6 Å². The molecule has 0 aromatic rings. The van der Waals surface area contributed by atoms with E-state index in [2.05, 4.69) is 5.32 Å². The Bertz CT molecular complexity index is 373. The fourth-order valence-corrected chi connectivity index (χ4v) is 2.97. The van der Waals surface area contributed by atoms with E-state index in [9.17, 15) is 18.0 Å². The number of hydrogen-bond donors (Lipinski definition) is 1. The van der Waals surface area contributed by atoms with Crippen molar-refractivity contribution in [1.82, 2.24) is 15.1 Å². The van der Waals surface area contributed by atoms with E-state index < -0.39 is 12.7 Å². The summed E-state index contributed by atoms with van der Waals surface area (Å²) >= 11 is 0. The molecule has 0 bridgehead atoms. The van der Waals surface area contributed by atoms with Crippen LogP contribution in [0.4, 0.5) is 18.0 Å². The number of hydrogen-bond acceptors (Lipinski definition) is 3. The van der Waals surface area contributed by atoms with Crippen LogP contribution in [0.25, 0.3) is 0 Å². The Morgan fingerprint density at radius 3 is 2.73 bits per heavy atom. The van der Waals surface area contributed by atoms with Gasteiger partial charge in [-0.05, 0) is 26.2 Å². The van der Waals surface area contributed by atoms with Gasteiger partial charge in [0.1, 0.15) is 0 Å². The zero-order valence-electron chi connectivity index (χ0n) is 12.9. The molecule has 2 saturated heterocycles. The lowest BCUT2D eigenvalue weighted by atomic mass is 10.2. The van der Waals surface area contributed by atoms with Crippen molar-refractivity contribution in [3.63, 3.8) is 0 Å². The summed E-state index contributed by atoms with van der Waals surface area (Å²) in [4.78, 5) is 15.0. The van der Waals surface area contributed by atoms with Gasteiger partial charge in [-0.1, -0.05) is 0 Å². The quantitative estimate of drug-likeness (QED) is 0.858. The van der Waals surface area contributed by atoms with Crippen molar-refractivity contribution in [2.45, 2.75) is 44.5 Å². The minimum Gasteiger partial charge on any atom is -0.378 e. The first kappa shape index (κ1) is 17.3. The van der Waals surface area contributed by atoms with E-state index in [1.165, 1.54) is 4.90 Å². The Balaban J connectivity index is 1.69. The molecule has 0 unspecified atom stereocenters. The third-order valence-electron chi connectivity index (χ3n) is 4.20. The number of alkyl halides is 3. The first-order valence-electron chi connectivity index (χ1n) is 7.80. The molecule has 128 valence electrons. The predicted molar refractivity (Wildman–Crippen MR) is 75.7 cm³/mol. The molecule has 2 aliphatic heterocycles. The second kappa shape index (κ2) is 7.50. The van der Waals surface area contributed by atoms with Crippen LogP contribution < -0.4 is 5.32 Å². The number of carbonyl (C=O) groups excluding carboxylic acids is 1. The number of amides is 2. The largest absolute Gasteiger partial charge is 0.401 e. The molecule has 0 aliphatic carbocycles. The highest BCUT2D eigenvalue weighted by molar-refractivity contribution is 5.74. The molecule has 2 rings (SSSR count). The molecule has 0 spiro atoms. The van der Waals surface area contributed by atoms with Crippen LogP contribution in [-0.4, -0.2) is 73.5 Å². The van der Waals surface area contributed by atoms with Crippen LogP contribution in [-0.2, 0) is 4.74 Å². The Morgan fingerprint density at radius 2 is 2.14 bits per heavy atom. The summed E-state index contributed by atoms with van der Waals surface area (Å²) in [5.74, 6) is 0. The van der Waals surface area contributed by atoms with Crippen molar-refractivity contribution < 1.29 is 22.7 Å². The molecule has 2 fully saturated rings. The number of urea groups is 1. The number of rotatable bonds is 4. The van der Waals surface area contributed by atoms with Crippen LogP contribution in [0.3, 0.4) is 0 Å². The zero-order valence-corrected chi connectivity index (χ0v) is 12.9. The maximum atomic E-state index is 12.4. The standard InChI is InChI=1S/C14H24F3N3O2/c1-11-9-19(6-7-20(11)10-14(15,16)17)13(21)18-5-4-12-3-2-8-22-12/h11-12H,2-10H2,1H3,(H,18,21)/t11-,12+/m0/s1. The van der Waals surface area contributed by atoms with E-state index >= 15 is 0 Å². The van der Waals surface area contributed by atoms with Gasteiger partial charge in [0.2, 0.25) is 0 Å². The SMILES string of the molecule is C[C@H]1CN(C(=O)NCC[C@H]2CCCO2)CCN1CC(F)(F)F. The van der Waals surface area contributed by atoms with Crippen molar-refractivity contribution >= 4 is 6.03 Å². The maximum Gasteiger partial charge on any atom is 0.401 e. The van der Waals surface area contributed by atoms with Crippen LogP contribution in [0.2, 0.25) is 0 Å². The molecule has 0 aromatic heterocycles. The first-order valence-corrected chi connectivity index (χ1v) is 7.80. The molecule has 2 heterocycles. The summed E-state index contributed by atoms with van der Waals surface area (Å²) in [5.41, 5.74) is 0. The van der Waals surface area contributed by atoms with Crippen molar-refractivity contribution in [3.05, 3.63) is 0 Å². The lowest BCUT2D eigenvalue weighted by Crippen LogP contribution is -2.57. The minimum atomic E-state index is -4.19. The van der Waals surface area contributed by atoms with Gasteiger partial charge in [-0.2, -0.15) is 13.2 Å². The van der Waals surface area contributed by atoms with E-state index in [0.29, 0.717) is 19.6 Å².